The van der Waals surface area contributed by atoms with Crippen LogP contribution in [0, 0.1) is 0 Å². The molecule has 0 amide bonds. The molecule has 0 bridgehead atoms. The molecule has 0 aliphatic heterocycles. The molecule has 7 aromatic carbocycles. The van der Waals surface area contributed by atoms with Crippen molar-refractivity contribution >= 4 is 54.6 Å². The van der Waals surface area contributed by atoms with Gasteiger partial charge in [0.05, 0.1) is 27.6 Å². The SMILES string of the molecule is CC1(C)c2ccccc2-c2c1c1c(c3ccccc3n1-c1cccc(-c3nc(-c4ccccc4)c4ccccc4n3)c1)c1oc3ccccc3c21. The van der Waals surface area contributed by atoms with Crippen molar-refractivity contribution in [3.05, 3.63) is 163 Å². The summed E-state index contributed by atoms with van der Waals surface area (Å²) in [6, 6.07) is 53.5. The molecule has 0 atom stereocenters. The van der Waals surface area contributed by atoms with Gasteiger partial charge in [0.15, 0.2) is 5.82 Å². The Morgan fingerprint density at radius 2 is 1.29 bits per heavy atom. The van der Waals surface area contributed by atoms with Crippen molar-refractivity contribution in [2.45, 2.75) is 19.3 Å². The predicted octanol–water partition coefficient (Wildman–Crippen LogP) is 12.3. The molecule has 11 rings (SSSR count). The first-order valence-corrected chi connectivity index (χ1v) is 17.5. The first-order valence-electron chi connectivity index (χ1n) is 17.5. The number of hydrogen-bond donors (Lipinski definition) is 0. The van der Waals surface area contributed by atoms with E-state index in [4.69, 9.17) is 14.4 Å². The molecule has 240 valence electrons. The average molecular weight is 654 g/mol. The van der Waals surface area contributed by atoms with Crippen molar-refractivity contribution in [3.63, 3.8) is 0 Å². The molecule has 1 aliphatic rings. The Morgan fingerprint density at radius 1 is 0.588 bits per heavy atom. The number of para-hydroxylation sites is 3. The molecule has 0 saturated heterocycles. The summed E-state index contributed by atoms with van der Waals surface area (Å²) in [4.78, 5) is 10.3. The molecule has 3 aromatic heterocycles. The quantitative estimate of drug-likeness (QED) is 0.191. The van der Waals surface area contributed by atoms with E-state index < -0.39 is 0 Å². The number of nitrogens with zero attached hydrogens (tertiary/aromatic N) is 3. The van der Waals surface area contributed by atoms with E-state index in [2.05, 4.69) is 158 Å². The lowest BCUT2D eigenvalue weighted by Crippen LogP contribution is -2.16. The molecule has 10 aromatic rings. The zero-order valence-electron chi connectivity index (χ0n) is 28.2. The Morgan fingerprint density at radius 3 is 2.18 bits per heavy atom. The Kier molecular flexibility index (Phi) is 5.70. The van der Waals surface area contributed by atoms with Gasteiger partial charge >= 0.3 is 0 Å². The fourth-order valence-corrected chi connectivity index (χ4v) is 8.75. The highest BCUT2D eigenvalue weighted by Gasteiger charge is 2.41. The largest absolute Gasteiger partial charge is 0.455 e. The maximum Gasteiger partial charge on any atom is 0.160 e. The minimum Gasteiger partial charge on any atom is -0.455 e. The topological polar surface area (TPSA) is 43.9 Å². The van der Waals surface area contributed by atoms with E-state index in [1.807, 2.05) is 12.1 Å². The third kappa shape index (κ3) is 3.85. The lowest BCUT2D eigenvalue weighted by Gasteiger charge is -2.24. The summed E-state index contributed by atoms with van der Waals surface area (Å²) in [7, 11) is 0. The van der Waals surface area contributed by atoms with Crippen molar-refractivity contribution in [1.82, 2.24) is 14.5 Å². The molecule has 1 aliphatic carbocycles. The summed E-state index contributed by atoms with van der Waals surface area (Å²) in [6.45, 7) is 4.75. The van der Waals surface area contributed by atoms with Crippen LogP contribution in [0.4, 0.5) is 0 Å². The van der Waals surface area contributed by atoms with Gasteiger partial charge in [-0.15, -0.1) is 0 Å². The Hall–Kier alpha value is -6.52. The van der Waals surface area contributed by atoms with Crippen molar-refractivity contribution in [3.8, 4) is 39.5 Å². The second-order valence-electron chi connectivity index (χ2n) is 14.1. The maximum absolute atomic E-state index is 6.89. The highest BCUT2D eigenvalue weighted by atomic mass is 16.3. The highest BCUT2D eigenvalue weighted by Crippen LogP contribution is 2.57. The molecule has 3 heterocycles. The molecule has 0 N–H and O–H groups in total. The zero-order chi connectivity index (χ0) is 33.8. The van der Waals surface area contributed by atoms with Crippen molar-refractivity contribution in [2.75, 3.05) is 0 Å². The van der Waals surface area contributed by atoms with Gasteiger partial charge in [-0.05, 0) is 52.6 Å². The average Bonchev–Trinajstić information content (AvgIpc) is 3.80. The second-order valence-corrected chi connectivity index (χ2v) is 14.1. The van der Waals surface area contributed by atoms with E-state index in [9.17, 15) is 0 Å². The van der Waals surface area contributed by atoms with Crippen molar-refractivity contribution in [1.29, 1.82) is 0 Å². The Labute approximate surface area is 294 Å². The summed E-state index contributed by atoms with van der Waals surface area (Å²) < 4.78 is 9.34. The van der Waals surface area contributed by atoms with Crippen LogP contribution in [0.2, 0.25) is 0 Å². The van der Waals surface area contributed by atoms with Crippen molar-refractivity contribution in [2.24, 2.45) is 0 Å². The van der Waals surface area contributed by atoms with E-state index in [1.54, 1.807) is 0 Å². The lowest BCUT2D eigenvalue weighted by atomic mass is 9.81. The number of aromatic nitrogens is 3. The first kappa shape index (κ1) is 28.3. The molecule has 0 unspecified atom stereocenters. The normalized spacial score (nSPS) is 13.5. The molecule has 51 heavy (non-hydrogen) atoms. The summed E-state index contributed by atoms with van der Waals surface area (Å²) in [5.41, 5.74) is 14.1. The molecule has 0 fully saturated rings. The van der Waals surface area contributed by atoms with Crippen molar-refractivity contribution < 1.29 is 4.42 Å². The van der Waals surface area contributed by atoms with Crippen LogP contribution in [0.1, 0.15) is 25.0 Å². The third-order valence-corrected chi connectivity index (χ3v) is 10.9. The molecule has 0 radical (unpaired) electrons. The van der Waals surface area contributed by atoms with Crippen LogP contribution < -0.4 is 0 Å². The summed E-state index contributed by atoms with van der Waals surface area (Å²) >= 11 is 0. The smallest absolute Gasteiger partial charge is 0.160 e. The van der Waals surface area contributed by atoms with Crippen LogP contribution in [-0.2, 0) is 5.41 Å². The fraction of sp³-hybridized carbons (Fsp3) is 0.0638. The van der Waals surface area contributed by atoms with Gasteiger partial charge in [0, 0.05) is 43.8 Å². The molecule has 4 nitrogen and oxygen atoms in total. The summed E-state index contributed by atoms with van der Waals surface area (Å²) in [5, 5.41) is 5.71. The minimum absolute atomic E-state index is 0.257. The van der Waals surface area contributed by atoms with E-state index in [1.165, 1.54) is 38.5 Å². The highest BCUT2D eigenvalue weighted by molar-refractivity contribution is 6.30. The predicted molar refractivity (Wildman–Crippen MR) is 210 cm³/mol. The van der Waals surface area contributed by atoms with Gasteiger partial charge in [0.25, 0.3) is 0 Å². The van der Waals surface area contributed by atoms with E-state index in [-0.39, 0.29) is 5.41 Å². The van der Waals surface area contributed by atoms with Crippen LogP contribution in [-0.4, -0.2) is 14.5 Å². The maximum atomic E-state index is 6.89. The first-order chi connectivity index (χ1) is 25.1. The third-order valence-electron chi connectivity index (χ3n) is 10.9. The fourth-order valence-electron chi connectivity index (χ4n) is 8.75. The molecule has 0 spiro atoms. The Bertz CT molecular complexity index is 3060. The number of fused-ring (bicyclic) bond motifs is 13. The van der Waals surface area contributed by atoms with Gasteiger partial charge in [-0.1, -0.05) is 135 Å². The van der Waals surface area contributed by atoms with Gasteiger partial charge in [-0.25, -0.2) is 9.97 Å². The van der Waals surface area contributed by atoms with E-state index in [0.29, 0.717) is 5.82 Å². The summed E-state index contributed by atoms with van der Waals surface area (Å²) in [6.07, 6.45) is 0. The number of hydrogen-bond acceptors (Lipinski definition) is 3. The molecule has 0 saturated carbocycles. The number of benzene rings is 7. The van der Waals surface area contributed by atoms with Gasteiger partial charge in [0.2, 0.25) is 0 Å². The summed E-state index contributed by atoms with van der Waals surface area (Å²) in [5.74, 6) is 0.702. The van der Waals surface area contributed by atoms with Gasteiger partial charge in [-0.3, -0.25) is 0 Å². The monoisotopic (exact) mass is 653 g/mol. The molecule has 4 heteroatoms. The molecular formula is C47H31N3O. The van der Waals surface area contributed by atoms with Gasteiger partial charge in [0.1, 0.15) is 11.2 Å². The van der Waals surface area contributed by atoms with E-state index >= 15 is 0 Å². The van der Waals surface area contributed by atoms with Gasteiger partial charge in [-0.2, -0.15) is 0 Å². The van der Waals surface area contributed by atoms with Crippen LogP contribution >= 0.6 is 0 Å². The number of furan rings is 1. The molecular weight excluding hydrogens is 623 g/mol. The Balaban J connectivity index is 1.26. The van der Waals surface area contributed by atoms with Crippen LogP contribution in [0.15, 0.2) is 156 Å². The van der Waals surface area contributed by atoms with Crippen LogP contribution in [0.25, 0.3) is 94.1 Å². The number of rotatable bonds is 3. The van der Waals surface area contributed by atoms with E-state index in [0.717, 1.165) is 60.9 Å². The van der Waals surface area contributed by atoms with Crippen LogP contribution in [0.3, 0.4) is 0 Å². The van der Waals surface area contributed by atoms with Gasteiger partial charge < -0.3 is 8.98 Å². The van der Waals surface area contributed by atoms with Crippen LogP contribution in [0.5, 0.6) is 0 Å². The standard InChI is InChI=1S/C47H31N3O/c1-47(2)35-23-10-6-19-31(35)39-40-34-22-9-13-26-38(34)51-45(40)41-33-21-8-12-25-37(33)50(44(41)42(39)47)30-18-14-17-29(27-30)46-48-36-24-11-7-20-32(36)43(49-46)28-15-4-3-5-16-28/h3-27H,1-2H3. The zero-order valence-corrected chi connectivity index (χ0v) is 28.2. The second kappa shape index (κ2) is 10.3. The minimum atomic E-state index is -0.257. The lowest BCUT2D eigenvalue weighted by molar-refractivity contribution is 0.662.